The summed E-state index contributed by atoms with van der Waals surface area (Å²) < 4.78 is 10.6. The molecule has 0 atom stereocenters. The fraction of sp³-hybridized carbons (Fsp3) is 0.556. The molecule has 0 unspecified atom stereocenters. The molecule has 2 amide bonds. The third-order valence-corrected chi connectivity index (χ3v) is 2.78. The van der Waals surface area contributed by atoms with Crippen molar-refractivity contribution in [1.82, 2.24) is 5.43 Å². The van der Waals surface area contributed by atoms with Crippen molar-refractivity contribution in [1.29, 1.82) is 0 Å². The smallest absolute Gasteiger partial charge is 0.434 e. The molecular weight excluding hydrogens is 308 g/mol. The number of benzene rings is 1. The second-order valence-electron chi connectivity index (χ2n) is 7.72. The molecule has 24 heavy (non-hydrogen) atoms. The number of hydrazine groups is 1. The summed E-state index contributed by atoms with van der Waals surface area (Å²) in [6.07, 6.45) is -1.41. The van der Waals surface area contributed by atoms with E-state index in [9.17, 15) is 9.59 Å². The van der Waals surface area contributed by atoms with E-state index in [1.165, 1.54) is 0 Å². The zero-order chi connectivity index (χ0) is 18.7. The van der Waals surface area contributed by atoms with Gasteiger partial charge in [-0.3, -0.25) is 0 Å². The molecule has 0 saturated heterocycles. The molecule has 0 aliphatic heterocycles. The van der Waals surface area contributed by atoms with E-state index in [2.05, 4.69) is 5.43 Å². The minimum Gasteiger partial charge on any atom is -0.443 e. The Morgan fingerprint density at radius 1 is 0.958 bits per heavy atom. The summed E-state index contributed by atoms with van der Waals surface area (Å²) in [6, 6.07) is 5.61. The number of carbonyl (C=O) groups is 2. The van der Waals surface area contributed by atoms with Crippen LogP contribution in [0.1, 0.15) is 52.7 Å². The van der Waals surface area contributed by atoms with E-state index in [1.54, 1.807) is 47.6 Å². The number of nitrogens with one attached hydrogen (secondary N) is 1. The van der Waals surface area contributed by atoms with E-state index < -0.39 is 23.4 Å². The zero-order valence-corrected chi connectivity index (χ0v) is 15.8. The lowest BCUT2D eigenvalue weighted by Crippen LogP contribution is -2.50. The van der Waals surface area contributed by atoms with Crippen LogP contribution in [0.25, 0.3) is 0 Å². The van der Waals surface area contributed by atoms with Gasteiger partial charge < -0.3 is 9.47 Å². The van der Waals surface area contributed by atoms with Crippen molar-refractivity contribution in [2.24, 2.45) is 0 Å². The fourth-order valence-corrected chi connectivity index (χ4v) is 1.86. The maximum Gasteiger partial charge on any atom is 0.434 e. The van der Waals surface area contributed by atoms with E-state index in [1.807, 2.05) is 26.0 Å². The Balaban J connectivity index is 3.14. The molecule has 0 aliphatic carbocycles. The Labute approximate surface area is 144 Å². The van der Waals surface area contributed by atoms with Gasteiger partial charge >= 0.3 is 12.2 Å². The Kier molecular flexibility index (Phi) is 5.87. The molecule has 1 rings (SSSR count). The molecule has 0 fully saturated rings. The molecule has 134 valence electrons. The lowest BCUT2D eigenvalue weighted by atomic mass is 10.1. The van der Waals surface area contributed by atoms with Crippen molar-refractivity contribution in [2.75, 3.05) is 5.01 Å². The fourth-order valence-electron chi connectivity index (χ4n) is 1.86. The maximum atomic E-state index is 12.6. The molecule has 0 bridgehead atoms. The van der Waals surface area contributed by atoms with Crippen molar-refractivity contribution in [3.05, 3.63) is 29.3 Å². The topological polar surface area (TPSA) is 67.9 Å². The molecule has 0 heterocycles. The number of ether oxygens (including phenoxy) is 2. The van der Waals surface area contributed by atoms with Gasteiger partial charge in [-0.05, 0) is 72.6 Å². The number of nitrogens with zero attached hydrogens (tertiary/aromatic N) is 1. The van der Waals surface area contributed by atoms with Crippen molar-refractivity contribution >= 4 is 17.9 Å². The first-order valence-electron chi connectivity index (χ1n) is 7.88. The second kappa shape index (κ2) is 7.11. The van der Waals surface area contributed by atoms with Crippen LogP contribution in [-0.2, 0) is 9.47 Å². The van der Waals surface area contributed by atoms with Gasteiger partial charge in [-0.15, -0.1) is 0 Å². The van der Waals surface area contributed by atoms with E-state index in [0.717, 1.165) is 16.1 Å². The van der Waals surface area contributed by atoms with Crippen molar-refractivity contribution < 1.29 is 19.1 Å². The standard InChI is InChI=1S/C18H28N2O4/c1-12-9-10-13(2)14(11-12)20(16(22)24-18(6,7)8)19-15(21)23-17(3,4)5/h9-11H,1-8H3,(H,19,21). The number of aryl methyl sites for hydroxylation is 2. The molecule has 0 saturated carbocycles. The Hall–Kier alpha value is -2.24. The second-order valence-corrected chi connectivity index (χ2v) is 7.72. The van der Waals surface area contributed by atoms with Crippen LogP contribution in [0.15, 0.2) is 18.2 Å². The number of amides is 2. The quantitative estimate of drug-likeness (QED) is 0.768. The molecule has 0 aromatic heterocycles. The predicted molar refractivity (Wildman–Crippen MR) is 94.0 cm³/mol. The summed E-state index contributed by atoms with van der Waals surface area (Å²) in [7, 11) is 0. The van der Waals surface area contributed by atoms with Crippen LogP contribution in [0.3, 0.4) is 0 Å². The first-order valence-corrected chi connectivity index (χ1v) is 7.88. The molecule has 1 aromatic carbocycles. The largest absolute Gasteiger partial charge is 0.443 e. The summed E-state index contributed by atoms with van der Waals surface area (Å²) in [6.45, 7) is 14.3. The van der Waals surface area contributed by atoms with E-state index in [4.69, 9.17) is 9.47 Å². The van der Waals surface area contributed by atoms with Crippen LogP contribution in [0.4, 0.5) is 15.3 Å². The predicted octanol–water partition coefficient (Wildman–Crippen LogP) is 4.48. The summed E-state index contributed by atoms with van der Waals surface area (Å²) in [5, 5.41) is 1.08. The highest BCUT2D eigenvalue weighted by Crippen LogP contribution is 2.23. The van der Waals surface area contributed by atoms with E-state index >= 15 is 0 Å². The molecule has 6 nitrogen and oxygen atoms in total. The summed E-state index contributed by atoms with van der Waals surface area (Å²) in [5.41, 5.74) is 3.42. The average molecular weight is 336 g/mol. The first kappa shape index (κ1) is 19.8. The van der Waals surface area contributed by atoms with Gasteiger partial charge in [0.25, 0.3) is 0 Å². The summed E-state index contributed by atoms with van der Waals surface area (Å²) >= 11 is 0. The van der Waals surface area contributed by atoms with Crippen LogP contribution in [0.5, 0.6) is 0 Å². The highest BCUT2D eigenvalue weighted by molar-refractivity contribution is 5.91. The Morgan fingerprint density at radius 3 is 2.00 bits per heavy atom. The lowest BCUT2D eigenvalue weighted by Gasteiger charge is -2.29. The van der Waals surface area contributed by atoms with Gasteiger partial charge in [0.2, 0.25) is 0 Å². The molecular formula is C18H28N2O4. The molecule has 0 radical (unpaired) electrons. The normalized spacial score (nSPS) is 11.7. The number of hydrogen-bond donors (Lipinski definition) is 1. The average Bonchev–Trinajstić information content (AvgIpc) is 2.35. The first-order chi connectivity index (χ1) is 10.8. The Bertz CT molecular complexity index is 612. The maximum absolute atomic E-state index is 12.6. The van der Waals surface area contributed by atoms with E-state index in [-0.39, 0.29) is 0 Å². The van der Waals surface area contributed by atoms with Crippen LogP contribution in [0.2, 0.25) is 0 Å². The van der Waals surface area contributed by atoms with Gasteiger partial charge in [-0.1, -0.05) is 12.1 Å². The van der Waals surface area contributed by atoms with Gasteiger partial charge in [0.1, 0.15) is 11.2 Å². The zero-order valence-electron chi connectivity index (χ0n) is 15.8. The molecule has 1 N–H and O–H groups in total. The van der Waals surface area contributed by atoms with Gasteiger partial charge in [0, 0.05) is 0 Å². The van der Waals surface area contributed by atoms with Gasteiger partial charge in [0.05, 0.1) is 5.69 Å². The van der Waals surface area contributed by atoms with Crippen molar-refractivity contribution in [3.63, 3.8) is 0 Å². The monoisotopic (exact) mass is 336 g/mol. The van der Waals surface area contributed by atoms with Crippen LogP contribution < -0.4 is 10.4 Å². The minimum atomic E-state index is -0.728. The summed E-state index contributed by atoms with van der Waals surface area (Å²) in [5.74, 6) is 0. The SMILES string of the molecule is Cc1ccc(C)c(N(NC(=O)OC(C)(C)C)C(=O)OC(C)(C)C)c1. The highest BCUT2D eigenvalue weighted by atomic mass is 16.6. The number of anilines is 1. The van der Waals surface area contributed by atoms with Gasteiger partial charge in [-0.2, -0.15) is 5.01 Å². The van der Waals surface area contributed by atoms with Gasteiger partial charge in [0.15, 0.2) is 0 Å². The molecule has 6 heteroatoms. The third kappa shape index (κ3) is 6.48. The number of rotatable bonds is 1. The highest BCUT2D eigenvalue weighted by Gasteiger charge is 2.28. The summed E-state index contributed by atoms with van der Waals surface area (Å²) in [4.78, 5) is 24.7. The van der Waals surface area contributed by atoms with Crippen LogP contribution >= 0.6 is 0 Å². The third-order valence-electron chi connectivity index (χ3n) is 2.78. The van der Waals surface area contributed by atoms with Crippen LogP contribution in [0, 0.1) is 13.8 Å². The minimum absolute atomic E-state index is 0.537. The number of carbonyl (C=O) groups excluding carboxylic acids is 2. The Morgan fingerprint density at radius 2 is 1.50 bits per heavy atom. The van der Waals surface area contributed by atoms with E-state index in [0.29, 0.717) is 5.69 Å². The number of hydrogen-bond acceptors (Lipinski definition) is 4. The van der Waals surface area contributed by atoms with Crippen molar-refractivity contribution in [2.45, 2.75) is 66.6 Å². The van der Waals surface area contributed by atoms with Gasteiger partial charge in [-0.25, -0.2) is 15.0 Å². The van der Waals surface area contributed by atoms with Crippen molar-refractivity contribution in [3.8, 4) is 0 Å². The van der Waals surface area contributed by atoms with Crippen LogP contribution in [-0.4, -0.2) is 23.4 Å². The molecule has 0 spiro atoms. The lowest BCUT2D eigenvalue weighted by molar-refractivity contribution is 0.0425. The molecule has 0 aliphatic rings. The molecule has 1 aromatic rings.